The first-order chi connectivity index (χ1) is 14.7. The highest BCUT2D eigenvalue weighted by atomic mass is 32.1. The number of rotatable bonds is 6. The van der Waals surface area contributed by atoms with Crippen LogP contribution in [-0.4, -0.2) is 35.9 Å². The molecule has 2 heterocycles. The first-order valence-electron chi connectivity index (χ1n) is 10.4. The van der Waals surface area contributed by atoms with Crippen LogP contribution >= 0.6 is 11.3 Å². The number of benzene rings is 2. The van der Waals surface area contributed by atoms with E-state index in [2.05, 4.69) is 40.6 Å². The van der Waals surface area contributed by atoms with Crippen LogP contribution in [0.25, 0.3) is 21.0 Å². The van der Waals surface area contributed by atoms with Gasteiger partial charge in [-0.3, -0.25) is 9.36 Å². The van der Waals surface area contributed by atoms with Crippen LogP contribution in [0.3, 0.4) is 0 Å². The van der Waals surface area contributed by atoms with Gasteiger partial charge in [-0.1, -0.05) is 36.4 Å². The smallest absolute Gasteiger partial charge is 0.262 e. The van der Waals surface area contributed by atoms with Crippen LogP contribution in [0.1, 0.15) is 22.4 Å². The highest BCUT2D eigenvalue weighted by Gasteiger charge is 2.25. The van der Waals surface area contributed by atoms with Crippen molar-refractivity contribution in [1.29, 1.82) is 0 Å². The number of thiophene rings is 1. The van der Waals surface area contributed by atoms with E-state index >= 15 is 0 Å². The summed E-state index contributed by atoms with van der Waals surface area (Å²) in [5, 5.41) is 6.79. The molecule has 30 heavy (non-hydrogen) atoms. The predicted octanol–water partition coefficient (Wildman–Crippen LogP) is 3.75. The molecule has 2 aromatic carbocycles. The fourth-order valence-electron chi connectivity index (χ4n) is 4.39. The van der Waals surface area contributed by atoms with Gasteiger partial charge in [-0.25, -0.2) is 4.98 Å². The van der Waals surface area contributed by atoms with Gasteiger partial charge >= 0.3 is 0 Å². The average Bonchev–Trinajstić information content (AvgIpc) is 3.14. The van der Waals surface area contributed by atoms with Crippen LogP contribution in [0.2, 0.25) is 0 Å². The summed E-state index contributed by atoms with van der Waals surface area (Å²) >= 11 is 1.68. The Morgan fingerprint density at radius 3 is 2.97 bits per heavy atom. The van der Waals surface area contributed by atoms with Gasteiger partial charge in [0.05, 0.1) is 24.9 Å². The van der Waals surface area contributed by atoms with Crippen LogP contribution in [0, 0.1) is 0 Å². The van der Waals surface area contributed by atoms with Gasteiger partial charge in [0, 0.05) is 24.6 Å². The molecular formula is C24H25N3O2S. The number of aromatic nitrogens is 2. The first kappa shape index (κ1) is 19.4. The van der Waals surface area contributed by atoms with Crippen LogP contribution in [0.4, 0.5) is 0 Å². The van der Waals surface area contributed by atoms with E-state index in [9.17, 15) is 4.79 Å². The lowest BCUT2D eigenvalue weighted by molar-refractivity contribution is 0.194. The van der Waals surface area contributed by atoms with E-state index in [4.69, 9.17) is 4.74 Å². The van der Waals surface area contributed by atoms with E-state index in [1.807, 2.05) is 12.1 Å². The average molecular weight is 420 g/mol. The van der Waals surface area contributed by atoms with Crippen molar-refractivity contribution in [2.75, 3.05) is 20.3 Å². The number of ether oxygens (including phenoxy) is 1. The van der Waals surface area contributed by atoms with Crippen LogP contribution in [0.15, 0.2) is 53.6 Å². The molecule has 6 heteroatoms. The van der Waals surface area contributed by atoms with E-state index < -0.39 is 0 Å². The Balaban J connectivity index is 1.43. The van der Waals surface area contributed by atoms with E-state index in [-0.39, 0.29) is 5.56 Å². The van der Waals surface area contributed by atoms with E-state index in [0.717, 1.165) is 48.2 Å². The van der Waals surface area contributed by atoms with Crippen molar-refractivity contribution in [3.05, 3.63) is 75.1 Å². The molecule has 0 bridgehead atoms. The highest BCUT2D eigenvalue weighted by Crippen LogP contribution is 2.33. The van der Waals surface area contributed by atoms with Gasteiger partial charge in [-0.15, -0.1) is 11.3 Å². The molecule has 0 fully saturated rings. The summed E-state index contributed by atoms with van der Waals surface area (Å²) in [6, 6.07) is 15.1. The van der Waals surface area contributed by atoms with Crippen LogP contribution < -0.4 is 10.9 Å². The number of hydrogen-bond acceptors (Lipinski definition) is 5. The van der Waals surface area contributed by atoms with E-state index in [1.165, 1.54) is 21.2 Å². The second-order valence-corrected chi connectivity index (χ2v) is 9.01. The minimum absolute atomic E-state index is 0.0800. The van der Waals surface area contributed by atoms with Crippen molar-refractivity contribution in [3.8, 4) is 0 Å². The summed E-state index contributed by atoms with van der Waals surface area (Å²) in [4.78, 5) is 20.1. The molecule has 5 rings (SSSR count). The Kier molecular flexibility index (Phi) is 5.37. The largest absolute Gasteiger partial charge is 0.383 e. The van der Waals surface area contributed by atoms with Gasteiger partial charge in [-0.2, -0.15) is 0 Å². The Hall–Kier alpha value is -2.54. The standard InChI is InChI=1S/C24H25N3O2S/c1-29-11-10-25-19-8-9-20-21(13-19)30-23-22(20)24(28)27(15-26-23)14-16-6-7-17-4-2-3-5-18(17)12-16/h2-7,12,15,19,25H,8-11,13-14H2,1H3. The molecule has 4 aromatic rings. The van der Waals surface area contributed by atoms with Gasteiger partial charge in [0.25, 0.3) is 5.56 Å². The second kappa shape index (κ2) is 8.30. The minimum Gasteiger partial charge on any atom is -0.383 e. The quantitative estimate of drug-likeness (QED) is 0.484. The summed E-state index contributed by atoms with van der Waals surface area (Å²) in [7, 11) is 1.72. The second-order valence-electron chi connectivity index (χ2n) is 7.93. The molecule has 2 aromatic heterocycles. The number of nitrogens with zero attached hydrogens (tertiary/aromatic N) is 2. The van der Waals surface area contributed by atoms with Crippen molar-refractivity contribution in [2.45, 2.75) is 31.8 Å². The summed E-state index contributed by atoms with van der Waals surface area (Å²) in [6.45, 7) is 2.12. The van der Waals surface area contributed by atoms with Gasteiger partial charge in [0.15, 0.2) is 0 Å². The number of fused-ring (bicyclic) bond motifs is 4. The van der Waals surface area contributed by atoms with Crippen LogP contribution in [-0.2, 0) is 24.1 Å². The SMILES string of the molecule is COCCNC1CCc2c(sc3ncn(Cc4ccc5ccccc5c4)c(=O)c23)C1. The zero-order chi connectivity index (χ0) is 20.5. The van der Waals surface area contributed by atoms with Crippen molar-refractivity contribution in [1.82, 2.24) is 14.9 Å². The van der Waals surface area contributed by atoms with Gasteiger partial charge in [0.1, 0.15) is 4.83 Å². The number of methoxy groups -OCH3 is 1. The molecule has 0 spiro atoms. The summed E-state index contributed by atoms with van der Waals surface area (Å²) in [5.74, 6) is 0. The van der Waals surface area contributed by atoms with Crippen LogP contribution in [0.5, 0.6) is 0 Å². The molecule has 0 amide bonds. The number of aryl methyl sites for hydroxylation is 1. The number of nitrogens with one attached hydrogen (secondary N) is 1. The topological polar surface area (TPSA) is 56.1 Å². The summed E-state index contributed by atoms with van der Waals surface area (Å²) < 4.78 is 6.89. The highest BCUT2D eigenvalue weighted by molar-refractivity contribution is 7.18. The third kappa shape index (κ3) is 3.67. The molecule has 154 valence electrons. The normalized spacial score (nSPS) is 16.2. The Labute approximate surface area is 179 Å². The maximum atomic E-state index is 13.3. The number of hydrogen-bond donors (Lipinski definition) is 1. The molecule has 1 atom stereocenters. The molecule has 0 saturated heterocycles. The fourth-order valence-corrected chi connectivity index (χ4v) is 5.64. The zero-order valence-electron chi connectivity index (χ0n) is 17.1. The lowest BCUT2D eigenvalue weighted by Crippen LogP contribution is -2.36. The molecular weight excluding hydrogens is 394 g/mol. The Bertz CT molecular complexity index is 1260. The molecule has 1 aliphatic carbocycles. The molecule has 5 nitrogen and oxygen atoms in total. The lowest BCUT2D eigenvalue weighted by atomic mass is 9.93. The van der Waals surface area contributed by atoms with E-state index in [0.29, 0.717) is 12.6 Å². The predicted molar refractivity (Wildman–Crippen MR) is 123 cm³/mol. The lowest BCUT2D eigenvalue weighted by Gasteiger charge is -2.23. The zero-order valence-corrected chi connectivity index (χ0v) is 17.9. The Morgan fingerprint density at radius 1 is 1.23 bits per heavy atom. The monoisotopic (exact) mass is 419 g/mol. The maximum Gasteiger partial charge on any atom is 0.262 e. The van der Waals surface area contributed by atoms with Gasteiger partial charge < -0.3 is 10.1 Å². The van der Waals surface area contributed by atoms with Gasteiger partial charge in [0.2, 0.25) is 0 Å². The molecule has 1 N–H and O–H groups in total. The third-order valence-corrected chi connectivity index (χ3v) is 7.10. The fraction of sp³-hybridized carbons (Fsp3) is 0.333. The Morgan fingerprint density at radius 2 is 2.10 bits per heavy atom. The summed E-state index contributed by atoms with van der Waals surface area (Å²) in [5.41, 5.74) is 2.41. The van der Waals surface area contributed by atoms with E-state index in [1.54, 1.807) is 29.3 Å². The molecule has 0 radical (unpaired) electrons. The van der Waals surface area contributed by atoms with Crippen molar-refractivity contribution in [2.24, 2.45) is 0 Å². The van der Waals surface area contributed by atoms with Crippen molar-refractivity contribution < 1.29 is 4.74 Å². The molecule has 1 unspecified atom stereocenters. The van der Waals surface area contributed by atoms with Crippen molar-refractivity contribution in [3.63, 3.8) is 0 Å². The first-order valence-corrected chi connectivity index (χ1v) is 11.2. The maximum absolute atomic E-state index is 13.3. The molecule has 1 aliphatic rings. The molecule has 0 aliphatic heterocycles. The van der Waals surface area contributed by atoms with Crippen molar-refractivity contribution >= 4 is 32.3 Å². The molecule has 0 saturated carbocycles. The minimum atomic E-state index is 0.0800. The van der Waals surface area contributed by atoms with Gasteiger partial charge in [-0.05, 0) is 47.2 Å². The summed E-state index contributed by atoms with van der Waals surface area (Å²) in [6.07, 6.45) is 4.64. The third-order valence-electron chi connectivity index (χ3n) is 5.94.